The van der Waals surface area contributed by atoms with E-state index in [2.05, 4.69) is 0 Å². The monoisotopic (exact) mass is 348 g/mol. The number of carboxylic acid groups (broad SMARTS) is 1. The van der Waals surface area contributed by atoms with Gasteiger partial charge in [0.2, 0.25) is 5.91 Å². The summed E-state index contributed by atoms with van der Waals surface area (Å²) in [5.41, 5.74) is 0.693. The minimum absolute atomic E-state index is 0.195. The minimum Gasteiger partial charge on any atom is -0.497 e. The third-order valence-corrected chi connectivity index (χ3v) is 5.39. The SMILES string of the molecule is COc1ccc(N2C(=O)C(CC(=O)O)SC2=NC2CCCC2)cc1. The molecular formula is C17H20N2O4S. The van der Waals surface area contributed by atoms with Crippen LogP contribution in [0.25, 0.3) is 0 Å². The summed E-state index contributed by atoms with van der Waals surface area (Å²) in [5.74, 6) is -0.489. The Labute approximate surface area is 144 Å². The highest BCUT2D eigenvalue weighted by atomic mass is 32.2. The van der Waals surface area contributed by atoms with Crippen LogP contribution in [0, 0.1) is 0 Å². The molecular weight excluding hydrogens is 328 g/mol. The van der Waals surface area contributed by atoms with Crippen LogP contribution in [0.5, 0.6) is 5.75 Å². The summed E-state index contributed by atoms with van der Waals surface area (Å²) >= 11 is 1.26. The number of amidine groups is 1. The van der Waals surface area contributed by atoms with Gasteiger partial charge >= 0.3 is 5.97 Å². The number of amides is 1. The fourth-order valence-electron chi connectivity index (χ4n) is 3.00. The summed E-state index contributed by atoms with van der Waals surface area (Å²) in [5, 5.41) is 9.04. The molecule has 0 bridgehead atoms. The van der Waals surface area contributed by atoms with Crippen molar-refractivity contribution in [2.45, 2.75) is 43.4 Å². The van der Waals surface area contributed by atoms with Gasteiger partial charge in [0.15, 0.2) is 5.17 Å². The van der Waals surface area contributed by atoms with Gasteiger partial charge in [-0.25, -0.2) is 0 Å². The van der Waals surface area contributed by atoms with Crippen LogP contribution in [0.1, 0.15) is 32.1 Å². The molecule has 0 radical (unpaired) electrons. The number of carbonyl (C=O) groups is 2. The molecule has 1 unspecified atom stereocenters. The van der Waals surface area contributed by atoms with Gasteiger partial charge in [0.1, 0.15) is 11.0 Å². The lowest BCUT2D eigenvalue weighted by Crippen LogP contribution is -2.33. The molecule has 1 aliphatic carbocycles. The number of hydrogen-bond donors (Lipinski definition) is 1. The molecule has 1 amide bonds. The van der Waals surface area contributed by atoms with Crippen LogP contribution in [0.2, 0.25) is 0 Å². The van der Waals surface area contributed by atoms with Crippen molar-refractivity contribution in [1.82, 2.24) is 0 Å². The molecule has 1 N–H and O–H groups in total. The Balaban J connectivity index is 1.90. The van der Waals surface area contributed by atoms with E-state index in [1.807, 2.05) is 0 Å². The minimum atomic E-state index is -0.974. The molecule has 0 spiro atoms. The van der Waals surface area contributed by atoms with Gasteiger partial charge in [-0.15, -0.1) is 0 Å². The largest absolute Gasteiger partial charge is 0.497 e. The predicted molar refractivity (Wildman–Crippen MR) is 93.8 cm³/mol. The van der Waals surface area contributed by atoms with Gasteiger partial charge in [-0.2, -0.15) is 0 Å². The van der Waals surface area contributed by atoms with E-state index in [0.717, 1.165) is 25.7 Å². The Morgan fingerprint density at radius 2 is 2.00 bits per heavy atom. The van der Waals surface area contributed by atoms with Crippen molar-refractivity contribution in [1.29, 1.82) is 0 Å². The molecule has 2 fully saturated rings. The normalized spacial score (nSPS) is 23.2. The molecule has 1 aromatic rings. The van der Waals surface area contributed by atoms with Crippen molar-refractivity contribution in [2.75, 3.05) is 12.0 Å². The zero-order valence-corrected chi connectivity index (χ0v) is 14.3. The molecule has 2 aliphatic rings. The van der Waals surface area contributed by atoms with Crippen molar-refractivity contribution in [3.63, 3.8) is 0 Å². The first-order valence-electron chi connectivity index (χ1n) is 8.03. The first-order valence-corrected chi connectivity index (χ1v) is 8.90. The van der Waals surface area contributed by atoms with E-state index in [1.54, 1.807) is 36.3 Å². The number of thioether (sulfide) groups is 1. The third-order valence-electron chi connectivity index (χ3n) is 4.24. The van der Waals surface area contributed by atoms with Gasteiger partial charge in [0, 0.05) is 0 Å². The van der Waals surface area contributed by atoms with Gasteiger partial charge in [-0.3, -0.25) is 19.5 Å². The molecule has 3 rings (SSSR count). The number of rotatable bonds is 5. The number of hydrogen-bond acceptors (Lipinski definition) is 5. The van der Waals surface area contributed by atoms with Gasteiger partial charge in [0.25, 0.3) is 0 Å². The zero-order valence-electron chi connectivity index (χ0n) is 13.5. The van der Waals surface area contributed by atoms with E-state index in [0.29, 0.717) is 16.6 Å². The van der Waals surface area contributed by atoms with Crippen LogP contribution in [-0.2, 0) is 9.59 Å². The summed E-state index contributed by atoms with van der Waals surface area (Å²) in [7, 11) is 1.59. The maximum absolute atomic E-state index is 12.7. The molecule has 1 aliphatic heterocycles. The fraction of sp³-hybridized carbons (Fsp3) is 0.471. The van der Waals surface area contributed by atoms with E-state index in [1.165, 1.54) is 11.8 Å². The van der Waals surface area contributed by atoms with Gasteiger partial charge in [0.05, 0.1) is 25.3 Å². The average Bonchev–Trinajstić information content (AvgIpc) is 3.17. The van der Waals surface area contributed by atoms with Crippen molar-refractivity contribution in [3.8, 4) is 5.75 Å². The predicted octanol–water partition coefficient (Wildman–Crippen LogP) is 2.92. The number of benzene rings is 1. The number of ether oxygens (including phenoxy) is 1. The first-order chi connectivity index (χ1) is 11.6. The topological polar surface area (TPSA) is 79.2 Å². The smallest absolute Gasteiger partial charge is 0.305 e. The Bertz CT molecular complexity index is 653. The highest BCUT2D eigenvalue weighted by Crippen LogP contribution is 2.35. The van der Waals surface area contributed by atoms with Crippen molar-refractivity contribution in [3.05, 3.63) is 24.3 Å². The standard InChI is InChI=1S/C17H20N2O4S/c1-23-13-8-6-12(7-9-13)19-16(22)14(10-15(20)21)24-17(19)18-11-4-2-3-5-11/h6-9,11,14H,2-5,10H2,1H3,(H,20,21). The number of aliphatic carboxylic acids is 1. The molecule has 1 aromatic carbocycles. The van der Waals surface area contributed by atoms with Crippen LogP contribution in [-0.4, -0.2) is 40.6 Å². The van der Waals surface area contributed by atoms with Gasteiger partial charge < -0.3 is 9.84 Å². The van der Waals surface area contributed by atoms with E-state index in [-0.39, 0.29) is 18.4 Å². The van der Waals surface area contributed by atoms with Gasteiger partial charge in [-0.05, 0) is 37.1 Å². The van der Waals surface area contributed by atoms with Crippen LogP contribution < -0.4 is 9.64 Å². The van der Waals surface area contributed by atoms with Crippen LogP contribution in [0.15, 0.2) is 29.3 Å². The number of carboxylic acids is 1. The van der Waals surface area contributed by atoms with Crippen LogP contribution in [0.3, 0.4) is 0 Å². The first kappa shape index (κ1) is 16.8. The number of methoxy groups -OCH3 is 1. The molecule has 1 atom stereocenters. The van der Waals surface area contributed by atoms with Crippen LogP contribution >= 0.6 is 11.8 Å². The maximum atomic E-state index is 12.7. The summed E-state index contributed by atoms with van der Waals surface area (Å²) < 4.78 is 5.15. The summed E-state index contributed by atoms with van der Waals surface area (Å²) in [6.07, 6.45) is 4.17. The second kappa shape index (κ2) is 7.25. The summed E-state index contributed by atoms with van der Waals surface area (Å²) in [6.45, 7) is 0. The number of carbonyl (C=O) groups excluding carboxylic acids is 1. The molecule has 1 saturated carbocycles. The molecule has 1 saturated heterocycles. The van der Waals surface area contributed by atoms with E-state index in [9.17, 15) is 9.59 Å². The Morgan fingerprint density at radius 1 is 1.33 bits per heavy atom. The van der Waals surface area contributed by atoms with Crippen molar-refractivity contribution >= 4 is 34.5 Å². The average molecular weight is 348 g/mol. The number of anilines is 1. The summed E-state index contributed by atoms with van der Waals surface area (Å²) in [4.78, 5) is 30.0. The highest BCUT2D eigenvalue weighted by molar-refractivity contribution is 8.16. The van der Waals surface area contributed by atoms with E-state index in [4.69, 9.17) is 14.8 Å². The lowest BCUT2D eigenvalue weighted by atomic mass is 10.2. The lowest BCUT2D eigenvalue weighted by molar-refractivity contribution is -0.138. The molecule has 0 aromatic heterocycles. The zero-order chi connectivity index (χ0) is 17.1. The van der Waals surface area contributed by atoms with E-state index >= 15 is 0 Å². The Morgan fingerprint density at radius 3 is 2.58 bits per heavy atom. The van der Waals surface area contributed by atoms with Crippen LogP contribution in [0.4, 0.5) is 5.69 Å². The number of aliphatic imine (C=N–C) groups is 1. The van der Waals surface area contributed by atoms with Crippen molar-refractivity contribution < 1.29 is 19.4 Å². The van der Waals surface area contributed by atoms with Gasteiger partial charge in [-0.1, -0.05) is 24.6 Å². The number of nitrogens with zero attached hydrogens (tertiary/aromatic N) is 2. The molecule has 7 heteroatoms. The molecule has 128 valence electrons. The molecule has 1 heterocycles. The Hall–Kier alpha value is -2.02. The highest BCUT2D eigenvalue weighted by Gasteiger charge is 2.40. The fourth-order valence-corrected chi connectivity index (χ4v) is 4.20. The molecule has 6 nitrogen and oxygen atoms in total. The maximum Gasteiger partial charge on any atom is 0.305 e. The quantitative estimate of drug-likeness (QED) is 0.885. The lowest BCUT2D eigenvalue weighted by Gasteiger charge is -2.18. The second-order valence-corrected chi connectivity index (χ2v) is 7.10. The molecule has 24 heavy (non-hydrogen) atoms. The van der Waals surface area contributed by atoms with Crippen molar-refractivity contribution in [2.24, 2.45) is 4.99 Å². The summed E-state index contributed by atoms with van der Waals surface area (Å²) in [6, 6.07) is 7.38. The Kier molecular flexibility index (Phi) is 5.08. The third kappa shape index (κ3) is 3.56. The van der Waals surface area contributed by atoms with E-state index < -0.39 is 11.2 Å². The second-order valence-electron chi connectivity index (χ2n) is 5.93.